The monoisotopic (exact) mass is 241 g/mol. The lowest BCUT2D eigenvalue weighted by Gasteiger charge is -2.18. The first kappa shape index (κ1) is 12.5. The largest absolute Gasteiger partial charge is 0.495 e. The number of anilines is 1. The third-order valence-electron chi connectivity index (χ3n) is 3.03. The van der Waals surface area contributed by atoms with Crippen LogP contribution in [0.4, 0.5) is 5.69 Å². The van der Waals surface area contributed by atoms with Crippen molar-refractivity contribution in [2.24, 2.45) is 0 Å². The summed E-state index contributed by atoms with van der Waals surface area (Å²) in [7, 11) is 1.70. The van der Waals surface area contributed by atoms with Crippen LogP contribution in [0.15, 0.2) is 48.5 Å². The zero-order chi connectivity index (χ0) is 13.0. The minimum absolute atomic E-state index is 0.253. The van der Waals surface area contributed by atoms with E-state index in [2.05, 4.69) is 55.6 Å². The van der Waals surface area contributed by atoms with E-state index in [1.54, 1.807) is 7.11 Å². The number of hydrogen-bond acceptors (Lipinski definition) is 2. The molecule has 1 N–H and O–H groups in total. The van der Waals surface area contributed by atoms with Crippen molar-refractivity contribution in [2.45, 2.75) is 19.9 Å². The number of benzene rings is 2. The first-order chi connectivity index (χ1) is 8.70. The molecule has 2 rings (SSSR count). The summed E-state index contributed by atoms with van der Waals surface area (Å²) < 4.78 is 5.40. The average molecular weight is 241 g/mol. The second-order valence-corrected chi connectivity index (χ2v) is 4.48. The molecule has 0 aliphatic carbocycles. The maximum absolute atomic E-state index is 5.40. The Morgan fingerprint density at radius 2 is 1.78 bits per heavy atom. The summed E-state index contributed by atoms with van der Waals surface area (Å²) in [5.74, 6) is 0.887. The van der Waals surface area contributed by atoms with Crippen LogP contribution in [0, 0.1) is 6.92 Å². The molecule has 0 bridgehead atoms. The van der Waals surface area contributed by atoms with Gasteiger partial charge in [0.15, 0.2) is 0 Å². The summed E-state index contributed by atoms with van der Waals surface area (Å²) in [4.78, 5) is 0. The Bertz CT molecular complexity index is 508. The van der Waals surface area contributed by atoms with Crippen molar-refractivity contribution in [3.8, 4) is 5.75 Å². The molecule has 1 unspecified atom stereocenters. The molecule has 0 aliphatic rings. The lowest BCUT2D eigenvalue weighted by atomic mass is 10.1. The standard InChI is InChI=1S/C16H19NO/c1-12-9-10-15(16(11-12)18-3)17-13(2)14-7-5-4-6-8-14/h4-11,13,17H,1-3H3. The third kappa shape index (κ3) is 2.83. The first-order valence-corrected chi connectivity index (χ1v) is 6.17. The Labute approximate surface area is 109 Å². The molecule has 0 saturated carbocycles. The summed E-state index contributed by atoms with van der Waals surface area (Å²) in [5, 5.41) is 3.48. The minimum Gasteiger partial charge on any atom is -0.495 e. The van der Waals surface area contributed by atoms with Crippen molar-refractivity contribution in [2.75, 3.05) is 12.4 Å². The van der Waals surface area contributed by atoms with Crippen LogP contribution in [0.1, 0.15) is 24.1 Å². The van der Waals surface area contributed by atoms with Crippen LogP contribution < -0.4 is 10.1 Å². The maximum Gasteiger partial charge on any atom is 0.142 e. The number of nitrogens with one attached hydrogen (secondary N) is 1. The number of hydrogen-bond donors (Lipinski definition) is 1. The number of ether oxygens (including phenoxy) is 1. The lowest BCUT2D eigenvalue weighted by molar-refractivity contribution is 0.416. The first-order valence-electron chi connectivity index (χ1n) is 6.17. The summed E-state index contributed by atoms with van der Waals surface area (Å²) in [6.45, 7) is 4.21. The fourth-order valence-electron chi connectivity index (χ4n) is 1.98. The zero-order valence-corrected chi connectivity index (χ0v) is 11.1. The SMILES string of the molecule is COc1cc(C)ccc1NC(C)c1ccccc1. The molecule has 1 atom stereocenters. The van der Waals surface area contributed by atoms with E-state index < -0.39 is 0 Å². The molecule has 0 fully saturated rings. The van der Waals surface area contributed by atoms with Crippen molar-refractivity contribution in [3.05, 3.63) is 59.7 Å². The van der Waals surface area contributed by atoms with Gasteiger partial charge in [0.1, 0.15) is 5.75 Å². The Kier molecular flexibility index (Phi) is 3.88. The van der Waals surface area contributed by atoms with Crippen LogP contribution in [0.2, 0.25) is 0 Å². The molecule has 2 aromatic carbocycles. The third-order valence-corrected chi connectivity index (χ3v) is 3.03. The van der Waals surface area contributed by atoms with Gasteiger partial charge in [0.05, 0.1) is 12.8 Å². The lowest BCUT2D eigenvalue weighted by Crippen LogP contribution is -2.07. The number of methoxy groups -OCH3 is 1. The van der Waals surface area contributed by atoms with Crippen LogP contribution >= 0.6 is 0 Å². The number of aryl methyl sites for hydroxylation is 1. The van der Waals surface area contributed by atoms with Crippen LogP contribution in [-0.4, -0.2) is 7.11 Å². The molecule has 18 heavy (non-hydrogen) atoms. The second kappa shape index (κ2) is 5.58. The molecule has 0 heterocycles. The van der Waals surface area contributed by atoms with Gasteiger partial charge in [0.25, 0.3) is 0 Å². The molecule has 2 nitrogen and oxygen atoms in total. The quantitative estimate of drug-likeness (QED) is 0.867. The van der Waals surface area contributed by atoms with E-state index in [4.69, 9.17) is 4.74 Å². The summed E-state index contributed by atoms with van der Waals surface area (Å²) >= 11 is 0. The van der Waals surface area contributed by atoms with Crippen molar-refractivity contribution in [3.63, 3.8) is 0 Å². The fraction of sp³-hybridized carbons (Fsp3) is 0.250. The van der Waals surface area contributed by atoms with Crippen molar-refractivity contribution < 1.29 is 4.74 Å². The van der Waals surface area contributed by atoms with Gasteiger partial charge in [0, 0.05) is 6.04 Å². The molecule has 2 heteroatoms. The summed E-state index contributed by atoms with van der Waals surface area (Å²) in [6, 6.07) is 16.8. The van der Waals surface area contributed by atoms with Gasteiger partial charge in [-0.2, -0.15) is 0 Å². The molecule has 0 spiro atoms. The molecule has 2 aromatic rings. The highest BCUT2D eigenvalue weighted by Crippen LogP contribution is 2.28. The van der Waals surface area contributed by atoms with E-state index in [1.807, 2.05) is 12.1 Å². The molecule has 0 radical (unpaired) electrons. The molecule has 94 valence electrons. The molecular formula is C16H19NO. The van der Waals surface area contributed by atoms with Crippen molar-refractivity contribution in [1.82, 2.24) is 0 Å². The predicted molar refractivity (Wildman–Crippen MR) is 76.2 cm³/mol. The highest BCUT2D eigenvalue weighted by atomic mass is 16.5. The summed E-state index contributed by atoms with van der Waals surface area (Å²) in [5.41, 5.74) is 3.49. The van der Waals surface area contributed by atoms with E-state index in [-0.39, 0.29) is 6.04 Å². The predicted octanol–water partition coefficient (Wildman–Crippen LogP) is 4.18. The van der Waals surface area contributed by atoms with Gasteiger partial charge in [-0.05, 0) is 37.1 Å². The van der Waals surface area contributed by atoms with Crippen molar-refractivity contribution in [1.29, 1.82) is 0 Å². The Morgan fingerprint density at radius 3 is 2.44 bits per heavy atom. The van der Waals surface area contributed by atoms with Gasteiger partial charge in [-0.3, -0.25) is 0 Å². The van der Waals surface area contributed by atoms with E-state index in [1.165, 1.54) is 11.1 Å². The van der Waals surface area contributed by atoms with E-state index in [9.17, 15) is 0 Å². The minimum atomic E-state index is 0.253. The van der Waals surface area contributed by atoms with Crippen LogP contribution in [-0.2, 0) is 0 Å². The van der Waals surface area contributed by atoms with Gasteiger partial charge in [-0.1, -0.05) is 36.4 Å². The highest BCUT2D eigenvalue weighted by molar-refractivity contribution is 5.58. The molecule has 0 amide bonds. The van der Waals surface area contributed by atoms with Crippen LogP contribution in [0.25, 0.3) is 0 Å². The fourth-order valence-corrected chi connectivity index (χ4v) is 1.98. The Morgan fingerprint density at radius 1 is 1.06 bits per heavy atom. The van der Waals surface area contributed by atoms with Gasteiger partial charge in [0.2, 0.25) is 0 Å². The normalized spacial score (nSPS) is 11.9. The maximum atomic E-state index is 5.40. The Hall–Kier alpha value is -1.96. The molecule has 0 aromatic heterocycles. The van der Waals surface area contributed by atoms with E-state index >= 15 is 0 Å². The van der Waals surface area contributed by atoms with Crippen LogP contribution in [0.5, 0.6) is 5.75 Å². The topological polar surface area (TPSA) is 21.3 Å². The van der Waals surface area contributed by atoms with Gasteiger partial charge >= 0.3 is 0 Å². The number of rotatable bonds is 4. The van der Waals surface area contributed by atoms with E-state index in [0.717, 1.165) is 11.4 Å². The van der Waals surface area contributed by atoms with Gasteiger partial charge < -0.3 is 10.1 Å². The molecule has 0 saturated heterocycles. The second-order valence-electron chi connectivity index (χ2n) is 4.48. The molecule has 0 aliphatic heterocycles. The highest BCUT2D eigenvalue weighted by Gasteiger charge is 2.08. The smallest absolute Gasteiger partial charge is 0.142 e. The Balaban J connectivity index is 2.19. The van der Waals surface area contributed by atoms with Gasteiger partial charge in [-0.15, -0.1) is 0 Å². The zero-order valence-electron chi connectivity index (χ0n) is 11.1. The van der Waals surface area contributed by atoms with E-state index in [0.29, 0.717) is 0 Å². The van der Waals surface area contributed by atoms with Crippen molar-refractivity contribution >= 4 is 5.69 Å². The van der Waals surface area contributed by atoms with Gasteiger partial charge in [-0.25, -0.2) is 0 Å². The van der Waals surface area contributed by atoms with Crippen LogP contribution in [0.3, 0.4) is 0 Å². The average Bonchev–Trinajstić information content (AvgIpc) is 2.41. The summed E-state index contributed by atoms with van der Waals surface area (Å²) in [6.07, 6.45) is 0. The molecular weight excluding hydrogens is 222 g/mol.